The number of urea groups is 1. The number of hydrogen-bond donors (Lipinski definition) is 4. The number of carbonyl (C=O) groups excluding carboxylic acids is 5. The first kappa shape index (κ1) is 39.5. The van der Waals surface area contributed by atoms with Crippen LogP contribution in [0.5, 0.6) is 0 Å². The van der Waals surface area contributed by atoms with E-state index in [2.05, 4.69) is 35.1 Å². The lowest BCUT2D eigenvalue weighted by molar-refractivity contribution is -0.145. The molecule has 4 saturated carbocycles. The number of nitrogens with one attached hydrogen (secondary N) is 4. The maximum atomic E-state index is 14.5. The molecule has 4 N–H and O–H groups in total. The Labute approximate surface area is 305 Å². The van der Waals surface area contributed by atoms with Crippen LogP contribution in [0.25, 0.3) is 0 Å². The first-order valence-corrected chi connectivity index (χ1v) is 21.0. The number of Topliss-reactive ketones (excluding diaryl/α,β-unsaturated/α-hetero) is 1. The van der Waals surface area contributed by atoms with Crippen LogP contribution in [0.15, 0.2) is 0 Å². The molecule has 0 radical (unpaired) electrons. The first-order chi connectivity index (χ1) is 23.6. The van der Waals surface area contributed by atoms with E-state index in [0.29, 0.717) is 32.2 Å². The fraction of sp³-hybridized carbons (Fsp3) is 0.868. The summed E-state index contributed by atoms with van der Waals surface area (Å²) in [5, 5.41) is 11.6. The van der Waals surface area contributed by atoms with Crippen molar-refractivity contribution >= 4 is 39.4 Å². The smallest absolute Gasteiger partial charge is 0.315 e. The normalized spacial score (nSPS) is 26.7. The Hall–Kier alpha value is -2.70. The van der Waals surface area contributed by atoms with E-state index >= 15 is 0 Å². The van der Waals surface area contributed by atoms with E-state index in [1.54, 1.807) is 18.7 Å². The molecule has 0 aromatic rings. The Bertz CT molecular complexity index is 1490. The van der Waals surface area contributed by atoms with Crippen molar-refractivity contribution in [1.82, 2.24) is 26.2 Å². The van der Waals surface area contributed by atoms with Gasteiger partial charge in [-0.1, -0.05) is 80.1 Å². The lowest BCUT2D eigenvalue weighted by Crippen LogP contribution is -2.64. The van der Waals surface area contributed by atoms with Crippen LogP contribution in [-0.4, -0.2) is 89.6 Å². The molecule has 12 nitrogen and oxygen atoms in total. The van der Waals surface area contributed by atoms with E-state index in [4.69, 9.17) is 0 Å². The summed E-state index contributed by atoms with van der Waals surface area (Å²) >= 11 is 0. The summed E-state index contributed by atoms with van der Waals surface area (Å²) in [5.74, 6) is -2.11. The van der Waals surface area contributed by atoms with Crippen molar-refractivity contribution in [3.8, 4) is 0 Å². The second kappa shape index (κ2) is 14.3. The average Bonchev–Trinajstić information content (AvgIpc) is 3.98. The number of piperidine rings is 1. The molecule has 0 aromatic carbocycles. The largest absolute Gasteiger partial charge is 0.347 e. The Kier molecular flexibility index (Phi) is 11.1. The standard InChI is InChI=1S/C38H63N5O7S/c1-9-17-36(5,6)51(49,50)22-38(18-11-10-12-19-38)42-34(48)41-30(35(2,3)4)33(47)43-21-25-27(37(25,7)8)28(43)31(45)40-26(20-23-13-14-23)29(44)32(46)39-24-15-16-24/h23-28,30H,9-22H2,1-8H3,(H,39,46)(H,40,45)(H2,41,42,48)/t25-,26?,27-,28-,30+/m0/s1. The van der Waals surface area contributed by atoms with Crippen LogP contribution in [-0.2, 0) is 29.0 Å². The molecule has 0 spiro atoms. The highest BCUT2D eigenvalue weighted by molar-refractivity contribution is 7.92. The van der Waals surface area contributed by atoms with Crippen molar-refractivity contribution in [2.45, 2.75) is 167 Å². The highest BCUT2D eigenvalue weighted by Gasteiger charge is 2.70. The predicted molar refractivity (Wildman–Crippen MR) is 195 cm³/mol. The minimum absolute atomic E-state index is 0.0130. The van der Waals surface area contributed by atoms with Crippen molar-refractivity contribution in [1.29, 1.82) is 0 Å². The van der Waals surface area contributed by atoms with Gasteiger partial charge in [-0.3, -0.25) is 19.2 Å². The molecular weight excluding hydrogens is 671 g/mol. The number of hydrogen-bond acceptors (Lipinski definition) is 7. The lowest BCUT2D eigenvalue weighted by Gasteiger charge is -2.41. The summed E-state index contributed by atoms with van der Waals surface area (Å²) < 4.78 is 26.5. The van der Waals surface area contributed by atoms with Gasteiger partial charge in [-0.25, -0.2) is 13.2 Å². The molecule has 4 aliphatic carbocycles. The van der Waals surface area contributed by atoms with Crippen LogP contribution in [0.3, 0.4) is 0 Å². The SMILES string of the molecule is CCCC(C)(C)S(=O)(=O)CC1(NC(=O)N[C@H](C(=O)N2C[C@H]3[C@@H]([C@H]2C(=O)NC(CC2CC2)C(=O)C(=O)NC2CC2)C3(C)C)C(C)(C)C)CCCCC1. The Morgan fingerprint density at radius 2 is 1.53 bits per heavy atom. The topological polar surface area (TPSA) is 171 Å². The zero-order valence-electron chi connectivity index (χ0n) is 32.2. The summed E-state index contributed by atoms with van der Waals surface area (Å²) in [4.78, 5) is 70.2. The number of likely N-dealkylation sites (tertiary alicyclic amines) is 1. The molecule has 5 atom stereocenters. The van der Waals surface area contributed by atoms with E-state index in [0.717, 1.165) is 51.4 Å². The Balaban J connectivity index is 1.33. The maximum absolute atomic E-state index is 14.5. The zero-order valence-corrected chi connectivity index (χ0v) is 33.0. The van der Waals surface area contributed by atoms with Gasteiger partial charge in [0.05, 0.1) is 22.1 Å². The number of fused-ring (bicyclic) bond motifs is 1. The van der Waals surface area contributed by atoms with Gasteiger partial charge in [-0.2, -0.15) is 0 Å². The summed E-state index contributed by atoms with van der Waals surface area (Å²) in [6.45, 7) is 15.5. The molecule has 288 valence electrons. The number of amides is 5. The van der Waals surface area contributed by atoms with Crippen molar-refractivity contribution in [3.05, 3.63) is 0 Å². The predicted octanol–water partition coefficient (Wildman–Crippen LogP) is 4.01. The van der Waals surface area contributed by atoms with E-state index in [1.165, 1.54) is 0 Å². The summed E-state index contributed by atoms with van der Waals surface area (Å²) in [6.07, 6.45) is 8.81. The molecule has 1 saturated heterocycles. The van der Waals surface area contributed by atoms with Crippen molar-refractivity contribution < 1.29 is 32.4 Å². The van der Waals surface area contributed by atoms with Gasteiger partial charge < -0.3 is 26.2 Å². The van der Waals surface area contributed by atoms with E-state index in [1.807, 2.05) is 27.7 Å². The molecule has 51 heavy (non-hydrogen) atoms. The molecular formula is C38H63N5O7S. The zero-order chi connectivity index (χ0) is 37.7. The summed E-state index contributed by atoms with van der Waals surface area (Å²) in [7, 11) is -3.58. The molecule has 0 bridgehead atoms. The summed E-state index contributed by atoms with van der Waals surface area (Å²) in [5.41, 5.74) is -1.89. The monoisotopic (exact) mass is 733 g/mol. The number of rotatable bonds is 15. The van der Waals surface area contributed by atoms with Gasteiger partial charge >= 0.3 is 6.03 Å². The number of sulfone groups is 1. The Morgan fingerprint density at radius 3 is 2.08 bits per heavy atom. The fourth-order valence-corrected chi connectivity index (χ4v) is 10.7. The molecule has 5 rings (SSSR count). The highest BCUT2D eigenvalue weighted by atomic mass is 32.2. The van der Waals surface area contributed by atoms with Crippen molar-refractivity contribution in [3.63, 3.8) is 0 Å². The molecule has 1 unspecified atom stereocenters. The van der Waals surface area contributed by atoms with E-state index < -0.39 is 73.2 Å². The van der Waals surface area contributed by atoms with Gasteiger partial charge in [0.25, 0.3) is 5.91 Å². The second-order valence-electron chi connectivity index (χ2n) is 18.7. The third-order valence-corrected chi connectivity index (χ3v) is 15.4. The van der Waals surface area contributed by atoms with E-state index in [-0.39, 0.29) is 35.0 Å². The third-order valence-electron chi connectivity index (χ3n) is 12.5. The number of nitrogens with zero attached hydrogens (tertiary/aromatic N) is 1. The molecule has 5 amide bonds. The molecule has 1 heterocycles. The minimum Gasteiger partial charge on any atom is -0.347 e. The van der Waals surface area contributed by atoms with Crippen LogP contribution in [0.1, 0.15) is 132 Å². The van der Waals surface area contributed by atoms with Gasteiger partial charge in [0.2, 0.25) is 17.6 Å². The van der Waals surface area contributed by atoms with Crippen LogP contribution in [0.2, 0.25) is 0 Å². The minimum atomic E-state index is -3.58. The molecule has 5 aliphatic rings. The number of carbonyl (C=O) groups is 5. The van der Waals surface area contributed by atoms with Gasteiger partial charge in [-0.05, 0) is 81.0 Å². The van der Waals surface area contributed by atoms with Crippen LogP contribution < -0.4 is 21.3 Å². The van der Waals surface area contributed by atoms with Gasteiger partial charge in [0.1, 0.15) is 12.1 Å². The molecule has 13 heteroatoms. The van der Waals surface area contributed by atoms with Crippen molar-refractivity contribution in [2.75, 3.05) is 12.3 Å². The summed E-state index contributed by atoms with van der Waals surface area (Å²) in [6, 6.07) is -3.43. The van der Waals surface area contributed by atoms with Crippen LogP contribution in [0, 0.1) is 28.6 Å². The van der Waals surface area contributed by atoms with Crippen LogP contribution >= 0.6 is 0 Å². The fourth-order valence-electron chi connectivity index (χ4n) is 8.70. The lowest BCUT2D eigenvalue weighted by atomic mass is 9.83. The molecule has 1 aliphatic heterocycles. The van der Waals surface area contributed by atoms with Gasteiger partial charge in [0, 0.05) is 12.6 Å². The highest BCUT2D eigenvalue weighted by Crippen LogP contribution is 2.65. The van der Waals surface area contributed by atoms with Crippen LogP contribution in [0.4, 0.5) is 4.79 Å². The molecule has 0 aromatic heterocycles. The maximum Gasteiger partial charge on any atom is 0.315 e. The molecule has 5 fully saturated rings. The quantitative estimate of drug-likeness (QED) is 0.184. The van der Waals surface area contributed by atoms with Gasteiger partial charge in [-0.15, -0.1) is 0 Å². The van der Waals surface area contributed by atoms with E-state index in [9.17, 15) is 32.4 Å². The Morgan fingerprint density at radius 1 is 0.902 bits per heavy atom. The third kappa shape index (κ3) is 8.75. The van der Waals surface area contributed by atoms with Gasteiger partial charge in [0.15, 0.2) is 9.84 Å². The number of ketones is 1. The van der Waals surface area contributed by atoms with Crippen molar-refractivity contribution in [2.24, 2.45) is 28.6 Å². The first-order valence-electron chi connectivity index (χ1n) is 19.4. The second-order valence-corrected chi connectivity index (χ2v) is 21.4. The average molecular weight is 734 g/mol.